The first-order chi connectivity index (χ1) is 6.45. The van der Waals surface area contributed by atoms with Crippen LogP contribution in [0.1, 0.15) is 35.8 Å². The molecule has 14 heavy (non-hydrogen) atoms. The average molecular weight is 196 g/mol. The Morgan fingerprint density at radius 1 is 1.57 bits per heavy atom. The van der Waals surface area contributed by atoms with E-state index in [1.54, 1.807) is 13.8 Å². The first-order valence-electron chi connectivity index (χ1n) is 4.24. The van der Waals surface area contributed by atoms with E-state index in [2.05, 4.69) is 4.98 Å². The van der Waals surface area contributed by atoms with Gasteiger partial charge in [-0.25, -0.2) is 9.78 Å². The lowest BCUT2D eigenvalue weighted by atomic mass is 10.1. The predicted molar refractivity (Wildman–Crippen MR) is 50.5 cm³/mol. The van der Waals surface area contributed by atoms with Crippen LogP contribution in [0.2, 0.25) is 0 Å². The third kappa shape index (κ3) is 1.66. The molecule has 5 nitrogen and oxygen atoms in total. The summed E-state index contributed by atoms with van der Waals surface area (Å²) in [6.45, 7) is 3.60. The summed E-state index contributed by atoms with van der Waals surface area (Å²) < 4.78 is 1.16. The molecule has 0 aliphatic rings. The molecule has 0 amide bonds. The van der Waals surface area contributed by atoms with Crippen molar-refractivity contribution in [3.63, 3.8) is 0 Å². The van der Waals surface area contributed by atoms with E-state index in [4.69, 9.17) is 5.11 Å². The molecule has 0 bridgehead atoms. The molecule has 1 aromatic heterocycles. The topological polar surface area (TPSA) is 72.2 Å². The first-order valence-corrected chi connectivity index (χ1v) is 4.24. The number of carboxylic acids is 1. The van der Waals surface area contributed by atoms with Gasteiger partial charge in [0.15, 0.2) is 0 Å². The molecule has 1 aromatic rings. The lowest BCUT2D eigenvalue weighted by Crippen LogP contribution is -2.27. The summed E-state index contributed by atoms with van der Waals surface area (Å²) in [5, 5.41) is 8.87. The Morgan fingerprint density at radius 2 is 2.14 bits per heavy atom. The lowest BCUT2D eigenvalue weighted by Gasteiger charge is -2.08. The maximum atomic E-state index is 11.5. The van der Waals surface area contributed by atoms with Gasteiger partial charge in [-0.3, -0.25) is 4.79 Å². The van der Waals surface area contributed by atoms with Crippen LogP contribution in [0.15, 0.2) is 11.1 Å². The molecule has 0 radical (unpaired) electrons. The number of nitrogens with zero attached hydrogens (tertiary/aromatic N) is 2. The number of aryl methyl sites for hydroxylation is 1. The molecular formula is C9H12N2O3. The monoisotopic (exact) mass is 196 g/mol. The number of carbonyl (C=O) groups is 1. The fourth-order valence-corrected chi connectivity index (χ4v) is 1.19. The van der Waals surface area contributed by atoms with Gasteiger partial charge in [0.25, 0.3) is 5.56 Å². The molecule has 0 saturated heterocycles. The van der Waals surface area contributed by atoms with E-state index in [9.17, 15) is 9.59 Å². The quantitative estimate of drug-likeness (QED) is 0.751. The van der Waals surface area contributed by atoms with Crippen LogP contribution >= 0.6 is 0 Å². The molecule has 5 heteroatoms. The number of hydrogen-bond acceptors (Lipinski definition) is 3. The van der Waals surface area contributed by atoms with Crippen LogP contribution in [0.5, 0.6) is 0 Å². The zero-order chi connectivity index (χ0) is 10.9. The Hall–Kier alpha value is -1.65. The molecule has 0 fully saturated rings. The fourth-order valence-electron chi connectivity index (χ4n) is 1.19. The molecule has 0 aromatic carbocycles. The zero-order valence-corrected chi connectivity index (χ0v) is 8.31. The largest absolute Gasteiger partial charge is 0.477 e. The van der Waals surface area contributed by atoms with Crippen molar-refractivity contribution in [3.05, 3.63) is 27.9 Å². The summed E-state index contributed by atoms with van der Waals surface area (Å²) in [7, 11) is 1.48. The van der Waals surface area contributed by atoms with Crippen molar-refractivity contribution >= 4 is 5.97 Å². The third-order valence-electron chi connectivity index (χ3n) is 1.92. The van der Waals surface area contributed by atoms with E-state index in [1.165, 1.54) is 13.4 Å². The van der Waals surface area contributed by atoms with Crippen LogP contribution in [0.25, 0.3) is 0 Å². The Bertz CT molecular complexity index is 421. The second-order valence-corrected chi connectivity index (χ2v) is 3.38. The lowest BCUT2D eigenvalue weighted by molar-refractivity contribution is 0.0692. The first kappa shape index (κ1) is 10.4. The zero-order valence-electron chi connectivity index (χ0n) is 8.31. The third-order valence-corrected chi connectivity index (χ3v) is 1.92. The minimum Gasteiger partial charge on any atom is -0.477 e. The number of aromatic nitrogens is 2. The van der Waals surface area contributed by atoms with Crippen LogP contribution in [0.3, 0.4) is 0 Å². The molecule has 1 N–H and O–H groups in total. The van der Waals surface area contributed by atoms with Crippen molar-refractivity contribution in [1.82, 2.24) is 9.55 Å². The maximum Gasteiger partial charge on any atom is 0.343 e. The number of carboxylic acid groups (broad SMARTS) is 1. The summed E-state index contributed by atoms with van der Waals surface area (Å²) in [5.74, 6) is -1.29. The minimum absolute atomic E-state index is 0.0741. The molecule has 0 unspecified atom stereocenters. The van der Waals surface area contributed by atoms with Crippen molar-refractivity contribution in [2.24, 2.45) is 7.05 Å². The van der Waals surface area contributed by atoms with Crippen molar-refractivity contribution < 1.29 is 9.90 Å². The summed E-state index contributed by atoms with van der Waals surface area (Å²) in [6.07, 6.45) is 1.34. The smallest absolute Gasteiger partial charge is 0.343 e. The molecule has 1 heterocycles. The van der Waals surface area contributed by atoms with Gasteiger partial charge in [0.05, 0.1) is 12.0 Å². The van der Waals surface area contributed by atoms with E-state index < -0.39 is 11.5 Å². The van der Waals surface area contributed by atoms with Gasteiger partial charge in [-0.2, -0.15) is 0 Å². The van der Waals surface area contributed by atoms with Gasteiger partial charge in [-0.1, -0.05) is 13.8 Å². The van der Waals surface area contributed by atoms with E-state index in [0.29, 0.717) is 5.69 Å². The van der Waals surface area contributed by atoms with Crippen LogP contribution in [0.4, 0.5) is 0 Å². The molecule has 0 spiro atoms. The Kier molecular flexibility index (Phi) is 2.69. The normalized spacial score (nSPS) is 10.6. The van der Waals surface area contributed by atoms with Gasteiger partial charge in [-0.05, 0) is 5.92 Å². The number of hydrogen-bond donors (Lipinski definition) is 1. The van der Waals surface area contributed by atoms with Crippen molar-refractivity contribution in [1.29, 1.82) is 0 Å². The second kappa shape index (κ2) is 3.61. The van der Waals surface area contributed by atoms with E-state index in [0.717, 1.165) is 4.57 Å². The van der Waals surface area contributed by atoms with Crippen molar-refractivity contribution in [2.45, 2.75) is 19.8 Å². The maximum absolute atomic E-state index is 11.5. The average Bonchev–Trinajstić information content (AvgIpc) is 2.08. The minimum atomic E-state index is -1.22. The van der Waals surface area contributed by atoms with Crippen LogP contribution in [0, 0.1) is 0 Å². The predicted octanol–water partition coefficient (Wildman–Crippen LogP) is 0.602. The van der Waals surface area contributed by atoms with E-state index >= 15 is 0 Å². The highest BCUT2D eigenvalue weighted by Crippen LogP contribution is 2.12. The summed E-state index contributed by atoms with van der Waals surface area (Å²) in [4.78, 5) is 26.3. The van der Waals surface area contributed by atoms with Gasteiger partial charge in [0.2, 0.25) is 0 Å². The number of rotatable bonds is 2. The SMILES string of the molecule is CC(C)c1ncn(C)c(=O)c1C(=O)O. The molecule has 1 rings (SSSR count). The van der Waals surface area contributed by atoms with Gasteiger partial charge in [-0.15, -0.1) is 0 Å². The highest BCUT2D eigenvalue weighted by molar-refractivity contribution is 5.88. The Labute approximate surface area is 81.0 Å². The molecular weight excluding hydrogens is 184 g/mol. The van der Waals surface area contributed by atoms with Crippen LogP contribution in [-0.2, 0) is 7.05 Å². The molecule has 76 valence electrons. The van der Waals surface area contributed by atoms with Crippen molar-refractivity contribution in [2.75, 3.05) is 0 Å². The summed E-state index contributed by atoms with van der Waals surface area (Å²) >= 11 is 0. The molecule has 0 aliphatic heterocycles. The standard InChI is InChI=1S/C9H12N2O3/c1-5(2)7-6(9(13)14)8(12)11(3)4-10-7/h4-5H,1-3H3,(H,13,14). The molecule has 0 aliphatic carbocycles. The Balaban J connectivity index is 3.54. The van der Waals surface area contributed by atoms with Gasteiger partial charge in [0.1, 0.15) is 5.56 Å². The summed E-state index contributed by atoms with van der Waals surface area (Å²) in [6, 6.07) is 0. The number of aromatic carboxylic acids is 1. The van der Waals surface area contributed by atoms with Crippen molar-refractivity contribution in [3.8, 4) is 0 Å². The van der Waals surface area contributed by atoms with Gasteiger partial charge in [0, 0.05) is 7.05 Å². The van der Waals surface area contributed by atoms with Gasteiger partial charge < -0.3 is 9.67 Å². The second-order valence-electron chi connectivity index (χ2n) is 3.38. The highest BCUT2D eigenvalue weighted by Gasteiger charge is 2.19. The van der Waals surface area contributed by atoms with E-state index in [1.807, 2.05) is 0 Å². The fraction of sp³-hybridized carbons (Fsp3) is 0.444. The van der Waals surface area contributed by atoms with Gasteiger partial charge >= 0.3 is 5.97 Å². The molecule has 0 saturated carbocycles. The van der Waals surface area contributed by atoms with E-state index in [-0.39, 0.29) is 11.5 Å². The van der Waals surface area contributed by atoms with Crippen LogP contribution < -0.4 is 5.56 Å². The van der Waals surface area contributed by atoms with Crippen LogP contribution in [-0.4, -0.2) is 20.6 Å². The highest BCUT2D eigenvalue weighted by atomic mass is 16.4. The Morgan fingerprint density at radius 3 is 2.57 bits per heavy atom. The summed E-state index contributed by atoms with van der Waals surface area (Å²) in [5.41, 5.74) is -0.415. The molecule has 0 atom stereocenters.